The van der Waals surface area contributed by atoms with Gasteiger partial charge in [0.25, 0.3) is 0 Å². The Labute approximate surface area is 145 Å². The SMILES string of the molecule is CCOC(=O)N[C@@H]1[C@H](NC(=O)OCC)OC(C#N)=C[C@H]1C(=O)OCC. The Morgan fingerprint density at radius 3 is 2.16 bits per heavy atom. The van der Waals surface area contributed by atoms with Crippen molar-refractivity contribution in [2.45, 2.75) is 33.0 Å². The van der Waals surface area contributed by atoms with E-state index in [4.69, 9.17) is 24.2 Å². The first-order valence-electron chi connectivity index (χ1n) is 7.78. The number of esters is 1. The van der Waals surface area contributed by atoms with Gasteiger partial charge in [0.15, 0.2) is 12.0 Å². The Hall–Kier alpha value is -2.96. The molecule has 0 bridgehead atoms. The van der Waals surface area contributed by atoms with Crippen molar-refractivity contribution in [3.8, 4) is 6.07 Å². The molecule has 0 aromatic carbocycles. The van der Waals surface area contributed by atoms with E-state index in [0.29, 0.717) is 0 Å². The summed E-state index contributed by atoms with van der Waals surface area (Å²) in [6, 6.07) is 0.704. The Morgan fingerprint density at radius 1 is 1.08 bits per heavy atom. The first-order chi connectivity index (χ1) is 12.0. The lowest BCUT2D eigenvalue weighted by Gasteiger charge is -2.34. The normalized spacial score (nSPS) is 21.7. The van der Waals surface area contributed by atoms with E-state index in [2.05, 4.69) is 10.6 Å². The van der Waals surface area contributed by atoms with Gasteiger partial charge in [-0.3, -0.25) is 10.1 Å². The van der Waals surface area contributed by atoms with Gasteiger partial charge < -0.3 is 24.3 Å². The van der Waals surface area contributed by atoms with Gasteiger partial charge in [-0.1, -0.05) is 0 Å². The number of hydrogen-bond acceptors (Lipinski definition) is 8. The summed E-state index contributed by atoms with van der Waals surface area (Å²) in [5.41, 5.74) is 0. The fraction of sp³-hybridized carbons (Fsp3) is 0.600. The van der Waals surface area contributed by atoms with Gasteiger partial charge in [-0.05, 0) is 26.8 Å². The van der Waals surface area contributed by atoms with Gasteiger partial charge in [0.05, 0.1) is 19.8 Å². The van der Waals surface area contributed by atoms with E-state index in [-0.39, 0.29) is 25.6 Å². The molecular weight excluding hydrogens is 334 g/mol. The van der Waals surface area contributed by atoms with E-state index in [1.165, 1.54) is 6.08 Å². The Morgan fingerprint density at radius 2 is 1.64 bits per heavy atom. The predicted octanol–water partition coefficient (Wildman–Crippen LogP) is 0.790. The standard InChI is InChI=1S/C15H21N3O7/c1-4-22-13(19)10-7-9(8-16)25-12(18-15(21)24-6-3)11(10)17-14(20)23-5-2/h7,10-12H,4-6H2,1-3H3,(H,17,20)(H,18,21)/t10-,11+,12-/m1/s1. The van der Waals surface area contributed by atoms with Gasteiger partial charge in [0, 0.05) is 0 Å². The van der Waals surface area contributed by atoms with Gasteiger partial charge in [0.1, 0.15) is 18.0 Å². The average molecular weight is 355 g/mol. The molecule has 3 atom stereocenters. The Kier molecular flexibility index (Phi) is 8.05. The van der Waals surface area contributed by atoms with Crippen LogP contribution in [-0.4, -0.2) is 50.2 Å². The number of carbonyl (C=O) groups excluding carboxylic acids is 3. The molecule has 1 heterocycles. The molecule has 0 radical (unpaired) electrons. The summed E-state index contributed by atoms with van der Waals surface area (Å²) in [5, 5.41) is 13.9. The number of nitrogens with one attached hydrogen (secondary N) is 2. The molecule has 0 fully saturated rings. The molecule has 0 saturated heterocycles. The van der Waals surface area contributed by atoms with Gasteiger partial charge in [-0.15, -0.1) is 0 Å². The molecule has 10 nitrogen and oxygen atoms in total. The van der Waals surface area contributed by atoms with Crippen molar-refractivity contribution in [2.24, 2.45) is 5.92 Å². The number of carbonyl (C=O) groups is 3. The highest BCUT2D eigenvalue weighted by Crippen LogP contribution is 2.23. The van der Waals surface area contributed by atoms with Gasteiger partial charge in [0.2, 0.25) is 0 Å². The molecule has 1 rings (SSSR count). The van der Waals surface area contributed by atoms with Crippen LogP contribution in [0.3, 0.4) is 0 Å². The quantitative estimate of drug-likeness (QED) is 0.527. The van der Waals surface area contributed by atoms with Crippen LogP contribution in [0.15, 0.2) is 11.8 Å². The number of alkyl carbamates (subject to hydrolysis) is 2. The van der Waals surface area contributed by atoms with Crippen LogP contribution in [0, 0.1) is 17.2 Å². The second-order valence-corrected chi connectivity index (χ2v) is 4.71. The summed E-state index contributed by atoms with van der Waals surface area (Å²) in [4.78, 5) is 35.7. The summed E-state index contributed by atoms with van der Waals surface area (Å²) in [7, 11) is 0. The van der Waals surface area contributed by atoms with Crippen LogP contribution in [0.2, 0.25) is 0 Å². The topological polar surface area (TPSA) is 136 Å². The van der Waals surface area contributed by atoms with E-state index in [1.54, 1.807) is 26.8 Å². The fourth-order valence-corrected chi connectivity index (χ4v) is 2.10. The number of rotatable bonds is 6. The van der Waals surface area contributed by atoms with Crippen molar-refractivity contribution in [3.63, 3.8) is 0 Å². The van der Waals surface area contributed by atoms with E-state index in [9.17, 15) is 14.4 Å². The second kappa shape index (κ2) is 10.0. The van der Waals surface area contributed by atoms with Crippen LogP contribution in [0.4, 0.5) is 9.59 Å². The molecule has 2 amide bonds. The molecule has 10 heteroatoms. The molecule has 0 saturated carbocycles. The summed E-state index contributed by atoms with van der Waals surface area (Å²) in [6.07, 6.45) is -1.64. The summed E-state index contributed by atoms with van der Waals surface area (Å²) in [6.45, 7) is 5.16. The number of allylic oxidation sites excluding steroid dienone is 1. The smallest absolute Gasteiger partial charge is 0.410 e. The summed E-state index contributed by atoms with van der Waals surface area (Å²) in [5.74, 6) is -1.93. The minimum absolute atomic E-state index is 0.105. The zero-order chi connectivity index (χ0) is 18.8. The van der Waals surface area contributed by atoms with Crippen molar-refractivity contribution in [1.29, 1.82) is 5.26 Å². The highest BCUT2D eigenvalue weighted by atomic mass is 16.6. The molecular formula is C15H21N3O7. The first-order valence-corrected chi connectivity index (χ1v) is 7.78. The minimum Gasteiger partial charge on any atom is -0.465 e. The van der Waals surface area contributed by atoms with Crippen LogP contribution in [0.25, 0.3) is 0 Å². The zero-order valence-corrected chi connectivity index (χ0v) is 14.2. The predicted molar refractivity (Wildman–Crippen MR) is 82.8 cm³/mol. The van der Waals surface area contributed by atoms with E-state index < -0.39 is 36.3 Å². The highest BCUT2D eigenvalue weighted by molar-refractivity contribution is 5.78. The average Bonchev–Trinajstić information content (AvgIpc) is 2.56. The number of hydrogen-bond donors (Lipinski definition) is 2. The van der Waals surface area contributed by atoms with Crippen LogP contribution >= 0.6 is 0 Å². The minimum atomic E-state index is -1.22. The fourth-order valence-electron chi connectivity index (χ4n) is 2.10. The van der Waals surface area contributed by atoms with E-state index in [0.717, 1.165) is 0 Å². The molecule has 1 aliphatic heterocycles. The van der Waals surface area contributed by atoms with Crippen molar-refractivity contribution in [1.82, 2.24) is 10.6 Å². The lowest BCUT2D eigenvalue weighted by molar-refractivity contribution is -0.149. The van der Waals surface area contributed by atoms with Gasteiger partial charge >= 0.3 is 18.2 Å². The summed E-state index contributed by atoms with van der Waals surface area (Å²) >= 11 is 0. The van der Waals surface area contributed by atoms with Gasteiger partial charge in [-0.2, -0.15) is 5.26 Å². The number of ether oxygens (including phenoxy) is 4. The third kappa shape index (κ3) is 5.87. The molecule has 0 aromatic rings. The molecule has 25 heavy (non-hydrogen) atoms. The molecule has 0 aliphatic carbocycles. The van der Waals surface area contributed by atoms with Crippen molar-refractivity contribution in [2.75, 3.05) is 19.8 Å². The molecule has 2 N–H and O–H groups in total. The Balaban J connectivity index is 3.10. The largest absolute Gasteiger partial charge is 0.465 e. The summed E-state index contributed by atoms with van der Waals surface area (Å²) < 4.78 is 19.8. The first kappa shape index (κ1) is 20.1. The Bertz CT molecular complexity index is 570. The maximum atomic E-state index is 12.2. The number of nitriles is 1. The van der Waals surface area contributed by atoms with E-state index >= 15 is 0 Å². The second-order valence-electron chi connectivity index (χ2n) is 4.71. The van der Waals surface area contributed by atoms with Crippen molar-refractivity contribution in [3.05, 3.63) is 11.8 Å². The lowest BCUT2D eigenvalue weighted by atomic mass is 9.95. The number of amides is 2. The zero-order valence-electron chi connectivity index (χ0n) is 14.2. The monoisotopic (exact) mass is 355 g/mol. The van der Waals surface area contributed by atoms with Gasteiger partial charge in [-0.25, -0.2) is 9.59 Å². The van der Waals surface area contributed by atoms with Crippen LogP contribution in [0.5, 0.6) is 0 Å². The lowest BCUT2D eigenvalue weighted by Crippen LogP contribution is -2.59. The van der Waals surface area contributed by atoms with Crippen LogP contribution in [-0.2, 0) is 23.7 Å². The molecule has 0 spiro atoms. The van der Waals surface area contributed by atoms with Crippen LogP contribution < -0.4 is 10.6 Å². The maximum absolute atomic E-state index is 12.2. The van der Waals surface area contributed by atoms with Crippen molar-refractivity contribution < 1.29 is 33.3 Å². The third-order valence-corrected chi connectivity index (χ3v) is 3.06. The van der Waals surface area contributed by atoms with Crippen LogP contribution in [0.1, 0.15) is 20.8 Å². The molecule has 0 aromatic heterocycles. The third-order valence-electron chi connectivity index (χ3n) is 3.06. The highest BCUT2D eigenvalue weighted by Gasteiger charge is 2.42. The maximum Gasteiger partial charge on any atom is 0.410 e. The number of nitrogens with zero attached hydrogens (tertiary/aromatic N) is 1. The van der Waals surface area contributed by atoms with Crippen molar-refractivity contribution >= 4 is 18.2 Å². The molecule has 138 valence electrons. The van der Waals surface area contributed by atoms with E-state index in [1.807, 2.05) is 0 Å². The molecule has 1 aliphatic rings. The molecule has 0 unspecified atom stereocenters.